The summed E-state index contributed by atoms with van der Waals surface area (Å²) < 4.78 is 6.13. The SMILES string of the molecule is Ic1cc(-c2ccccc2)c(-n2c3ccccc3c3cc(-n4c5ccccc5c5cc(-c6ccccc6)ccc54)ccc32)c(-c2ccccc2)c1. The fourth-order valence-corrected chi connectivity index (χ4v) is 8.54. The van der Waals surface area contributed by atoms with Crippen LogP contribution in [0.4, 0.5) is 0 Å². The van der Waals surface area contributed by atoms with Gasteiger partial charge in [0, 0.05) is 41.9 Å². The molecule has 2 nitrogen and oxygen atoms in total. The maximum atomic E-state index is 2.49. The maximum Gasteiger partial charge on any atom is 0.0619 e. The number of rotatable bonds is 5. The lowest BCUT2D eigenvalue weighted by Crippen LogP contribution is -2.02. The van der Waals surface area contributed by atoms with Crippen LogP contribution in [0.15, 0.2) is 188 Å². The highest BCUT2D eigenvalue weighted by molar-refractivity contribution is 14.1. The number of hydrogen-bond acceptors (Lipinski definition) is 0. The van der Waals surface area contributed by atoms with Gasteiger partial charge < -0.3 is 9.13 Å². The van der Waals surface area contributed by atoms with E-state index in [1.807, 2.05) is 0 Å². The van der Waals surface area contributed by atoms with E-state index in [1.54, 1.807) is 0 Å². The fourth-order valence-electron chi connectivity index (χ4n) is 7.92. The number of hydrogen-bond donors (Lipinski definition) is 0. The molecule has 0 bridgehead atoms. The van der Waals surface area contributed by atoms with E-state index in [2.05, 4.69) is 220 Å². The third kappa shape index (κ3) is 4.91. The van der Waals surface area contributed by atoms with E-state index in [1.165, 1.54) is 86.2 Å². The van der Waals surface area contributed by atoms with Crippen molar-refractivity contribution < 1.29 is 0 Å². The van der Waals surface area contributed by atoms with E-state index < -0.39 is 0 Å². The van der Waals surface area contributed by atoms with Crippen LogP contribution < -0.4 is 0 Å². The molecule has 0 aliphatic heterocycles. The van der Waals surface area contributed by atoms with Crippen molar-refractivity contribution >= 4 is 66.2 Å². The molecule has 3 heteroatoms. The Morgan fingerprint density at radius 2 is 0.765 bits per heavy atom. The third-order valence-electron chi connectivity index (χ3n) is 10.2. The molecule has 0 N–H and O–H groups in total. The molecule has 0 aliphatic rings. The molecule has 2 heterocycles. The number of halogens is 1. The first-order chi connectivity index (χ1) is 25.2. The average Bonchev–Trinajstić information content (AvgIpc) is 3.70. The van der Waals surface area contributed by atoms with Gasteiger partial charge in [-0.15, -0.1) is 0 Å². The van der Waals surface area contributed by atoms with Gasteiger partial charge in [-0.1, -0.05) is 133 Å². The summed E-state index contributed by atoms with van der Waals surface area (Å²) in [4.78, 5) is 0. The van der Waals surface area contributed by atoms with Crippen molar-refractivity contribution in [2.75, 3.05) is 0 Å². The predicted molar refractivity (Wildman–Crippen MR) is 224 cm³/mol. The van der Waals surface area contributed by atoms with Crippen molar-refractivity contribution in [3.8, 4) is 44.8 Å². The van der Waals surface area contributed by atoms with Crippen molar-refractivity contribution in [1.82, 2.24) is 9.13 Å². The van der Waals surface area contributed by atoms with Crippen LogP contribution in [0.1, 0.15) is 0 Å². The molecule has 8 aromatic carbocycles. The molecule has 51 heavy (non-hydrogen) atoms. The van der Waals surface area contributed by atoms with Crippen LogP contribution in [0.3, 0.4) is 0 Å². The lowest BCUT2D eigenvalue weighted by Gasteiger charge is -2.20. The van der Waals surface area contributed by atoms with E-state index in [0.29, 0.717) is 0 Å². The minimum atomic E-state index is 1.15. The van der Waals surface area contributed by atoms with Gasteiger partial charge in [0.25, 0.3) is 0 Å². The quantitative estimate of drug-likeness (QED) is 0.155. The van der Waals surface area contributed by atoms with E-state index in [-0.39, 0.29) is 0 Å². The van der Waals surface area contributed by atoms with E-state index in [0.717, 1.165) is 5.69 Å². The average molecular weight is 763 g/mol. The second-order valence-electron chi connectivity index (χ2n) is 13.1. The van der Waals surface area contributed by atoms with Crippen molar-refractivity contribution in [2.45, 2.75) is 0 Å². The highest BCUT2D eigenvalue weighted by atomic mass is 127. The molecule has 0 saturated heterocycles. The van der Waals surface area contributed by atoms with Gasteiger partial charge in [0.15, 0.2) is 0 Å². The van der Waals surface area contributed by atoms with Crippen LogP contribution in [0.2, 0.25) is 0 Å². The molecule has 240 valence electrons. The predicted octanol–water partition coefficient (Wildman–Crippen LogP) is 13.5. The molecular formula is C48H31IN2. The molecule has 0 amide bonds. The number of benzene rings is 8. The van der Waals surface area contributed by atoms with Crippen LogP contribution in [-0.2, 0) is 0 Å². The molecule has 0 atom stereocenters. The molecule has 2 aromatic heterocycles. The van der Waals surface area contributed by atoms with Gasteiger partial charge in [-0.3, -0.25) is 0 Å². The Labute approximate surface area is 310 Å². The van der Waals surface area contributed by atoms with Gasteiger partial charge in [-0.05, 0) is 99.4 Å². The molecule has 0 unspecified atom stereocenters. The first-order valence-corrected chi connectivity index (χ1v) is 18.4. The molecule has 0 saturated carbocycles. The molecule has 0 radical (unpaired) electrons. The second-order valence-corrected chi connectivity index (χ2v) is 14.3. The summed E-state index contributed by atoms with van der Waals surface area (Å²) in [5.41, 5.74) is 14.4. The Morgan fingerprint density at radius 1 is 0.314 bits per heavy atom. The Hall–Kier alpha value is -5.91. The molecule has 10 aromatic rings. The summed E-state index contributed by atoms with van der Waals surface area (Å²) in [5.74, 6) is 0. The lowest BCUT2D eigenvalue weighted by molar-refractivity contribution is 1.17. The van der Waals surface area contributed by atoms with Crippen LogP contribution >= 0.6 is 22.6 Å². The molecule has 0 fully saturated rings. The van der Waals surface area contributed by atoms with Crippen LogP contribution in [0.5, 0.6) is 0 Å². The monoisotopic (exact) mass is 762 g/mol. The summed E-state index contributed by atoms with van der Waals surface area (Å²) in [6.07, 6.45) is 0. The Morgan fingerprint density at radius 3 is 1.37 bits per heavy atom. The minimum Gasteiger partial charge on any atom is -0.309 e. The van der Waals surface area contributed by atoms with E-state index in [4.69, 9.17) is 0 Å². The zero-order valence-corrected chi connectivity index (χ0v) is 29.8. The topological polar surface area (TPSA) is 9.86 Å². The summed E-state index contributed by atoms with van der Waals surface area (Å²) in [7, 11) is 0. The summed E-state index contributed by atoms with van der Waals surface area (Å²) in [6.45, 7) is 0. The highest BCUT2D eigenvalue weighted by Crippen LogP contribution is 2.43. The molecule has 0 aliphatic carbocycles. The van der Waals surface area contributed by atoms with Gasteiger partial charge >= 0.3 is 0 Å². The van der Waals surface area contributed by atoms with Crippen molar-refractivity contribution in [3.05, 3.63) is 192 Å². The summed E-state index contributed by atoms with van der Waals surface area (Å²) >= 11 is 2.47. The van der Waals surface area contributed by atoms with Crippen LogP contribution in [-0.4, -0.2) is 9.13 Å². The second kappa shape index (κ2) is 12.1. The first kappa shape index (κ1) is 30.0. The number of nitrogens with zero attached hydrogens (tertiary/aromatic N) is 2. The fraction of sp³-hybridized carbons (Fsp3) is 0. The molecular weight excluding hydrogens is 731 g/mol. The normalized spacial score (nSPS) is 11.6. The van der Waals surface area contributed by atoms with Crippen molar-refractivity contribution in [3.63, 3.8) is 0 Å². The number of fused-ring (bicyclic) bond motifs is 6. The standard InChI is InChI=1S/C48H31IN2/c49-36-29-40(33-16-6-2-7-17-33)48(41(30-36)34-18-8-3-9-19-34)51-45-23-13-11-21-39(45)43-31-37(25-27-47(43)51)50-44-22-12-10-20-38(44)42-28-35(24-26-46(42)50)32-14-4-1-5-15-32/h1-31H. The molecule has 10 rings (SSSR count). The molecule has 0 spiro atoms. The Balaban J connectivity index is 1.26. The first-order valence-electron chi connectivity index (χ1n) is 17.3. The Bertz CT molecular complexity index is 2840. The number of para-hydroxylation sites is 2. The van der Waals surface area contributed by atoms with Crippen molar-refractivity contribution in [2.24, 2.45) is 0 Å². The summed E-state index contributed by atoms with van der Waals surface area (Å²) in [6, 6.07) is 68.5. The van der Waals surface area contributed by atoms with Gasteiger partial charge in [0.1, 0.15) is 0 Å². The number of aromatic nitrogens is 2. The Kier molecular flexibility index (Phi) is 7.14. The van der Waals surface area contributed by atoms with Gasteiger partial charge in [0.2, 0.25) is 0 Å². The van der Waals surface area contributed by atoms with E-state index in [9.17, 15) is 0 Å². The van der Waals surface area contributed by atoms with Crippen molar-refractivity contribution in [1.29, 1.82) is 0 Å². The van der Waals surface area contributed by atoms with Crippen LogP contribution in [0.25, 0.3) is 88.4 Å². The van der Waals surface area contributed by atoms with Gasteiger partial charge in [-0.25, -0.2) is 0 Å². The largest absolute Gasteiger partial charge is 0.309 e. The van der Waals surface area contributed by atoms with Gasteiger partial charge in [-0.2, -0.15) is 0 Å². The zero-order chi connectivity index (χ0) is 33.9. The third-order valence-corrected chi connectivity index (χ3v) is 10.8. The smallest absolute Gasteiger partial charge is 0.0619 e. The maximum absolute atomic E-state index is 2.49. The van der Waals surface area contributed by atoms with Crippen LogP contribution in [0, 0.1) is 3.57 Å². The van der Waals surface area contributed by atoms with Gasteiger partial charge in [0.05, 0.1) is 27.8 Å². The summed E-state index contributed by atoms with van der Waals surface area (Å²) in [5, 5.41) is 4.98. The zero-order valence-electron chi connectivity index (χ0n) is 27.7. The lowest BCUT2D eigenvalue weighted by atomic mass is 9.95. The van der Waals surface area contributed by atoms with E-state index >= 15 is 0 Å². The highest BCUT2D eigenvalue weighted by Gasteiger charge is 2.22. The minimum absolute atomic E-state index is 1.15.